The summed E-state index contributed by atoms with van der Waals surface area (Å²) in [7, 11) is 0. The molecule has 1 atom stereocenters. The molecule has 0 aromatic carbocycles. The number of esters is 3. The summed E-state index contributed by atoms with van der Waals surface area (Å²) in [6, 6.07) is 0. The van der Waals surface area contributed by atoms with Gasteiger partial charge in [0.2, 0.25) is 0 Å². The Kier molecular flexibility index (Phi) is 64.2. The van der Waals surface area contributed by atoms with Crippen molar-refractivity contribution in [3.05, 3.63) is 85.1 Å². The quantitative estimate of drug-likeness (QED) is 0.0261. The number of ether oxygens (including phenoxy) is 3. The number of carbonyl (C=O) groups is 3. The van der Waals surface area contributed by atoms with E-state index in [1.54, 1.807) is 0 Å². The van der Waals surface area contributed by atoms with Crippen LogP contribution >= 0.6 is 0 Å². The summed E-state index contributed by atoms with van der Waals surface area (Å²) < 4.78 is 16.9. The fourth-order valence-electron chi connectivity index (χ4n) is 9.74. The predicted octanol–water partition coefficient (Wildman–Crippen LogP) is 23.4. The maximum atomic E-state index is 12.9. The average Bonchev–Trinajstić information content (AvgIpc) is 3.45. The highest BCUT2D eigenvalue weighted by molar-refractivity contribution is 5.71. The smallest absolute Gasteiger partial charge is 0.306 e. The zero-order valence-corrected chi connectivity index (χ0v) is 52.4. The number of carbonyl (C=O) groups excluding carboxylic acids is 3. The molecule has 0 amide bonds. The molecular weight excluding hydrogens is 973 g/mol. The van der Waals surface area contributed by atoms with Crippen molar-refractivity contribution in [2.24, 2.45) is 0 Å². The molecule has 0 spiro atoms. The summed E-state index contributed by atoms with van der Waals surface area (Å²) in [4.78, 5) is 38.3. The van der Waals surface area contributed by atoms with Gasteiger partial charge in [0, 0.05) is 19.3 Å². The van der Waals surface area contributed by atoms with Crippen molar-refractivity contribution in [3.63, 3.8) is 0 Å². The Morgan fingerprint density at radius 2 is 0.506 bits per heavy atom. The lowest BCUT2D eigenvalue weighted by atomic mass is 10.0. The summed E-state index contributed by atoms with van der Waals surface area (Å²) in [5.74, 6) is -0.876. The first kappa shape index (κ1) is 75.6. The lowest BCUT2D eigenvalue weighted by Gasteiger charge is -2.18. The monoisotopic (exact) mass is 1100 g/mol. The van der Waals surface area contributed by atoms with E-state index in [9.17, 15) is 14.4 Å². The first-order valence-electron chi connectivity index (χ1n) is 34.1. The van der Waals surface area contributed by atoms with Crippen LogP contribution in [0.25, 0.3) is 0 Å². The summed E-state index contributed by atoms with van der Waals surface area (Å²) >= 11 is 0. The van der Waals surface area contributed by atoms with E-state index in [-0.39, 0.29) is 31.1 Å². The van der Waals surface area contributed by atoms with Crippen LogP contribution in [-0.2, 0) is 28.6 Å². The molecule has 0 saturated carbocycles. The fourth-order valence-corrected chi connectivity index (χ4v) is 9.74. The highest BCUT2D eigenvalue weighted by Crippen LogP contribution is 2.17. The largest absolute Gasteiger partial charge is 0.462 e. The van der Waals surface area contributed by atoms with E-state index in [0.29, 0.717) is 19.3 Å². The van der Waals surface area contributed by atoms with Crippen molar-refractivity contribution in [2.75, 3.05) is 13.2 Å². The second kappa shape index (κ2) is 67.1. The highest BCUT2D eigenvalue weighted by atomic mass is 16.6. The lowest BCUT2D eigenvalue weighted by Crippen LogP contribution is -2.30. The summed E-state index contributed by atoms with van der Waals surface area (Å²) in [6.07, 6.45) is 89.0. The van der Waals surface area contributed by atoms with E-state index in [2.05, 4.69) is 106 Å². The second-order valence-electron chi connectivity index (χ2n) is 22.7. The van der Waals surface area contributed by atoms with Crippen LogP contribution in [-0.4, -0.2) is 37.2 Å². The van der Waals surface area contributed by atoms with Crippen LogP contribution in [0.2, 0.25) is 0 Å². The molecule has 0 aromatic heterocycles. The topological polar surface area (TPSA) is 78.9 Å². The van der Waals surface area contributed by atoms with Crippen LogP contribution in [0.3, 0.4) is 0 Å². The standard InChI is InChI=1S/C73H128O6/c1-4-7-10-13-16-19-22-24-26-28-29-30-31-32-33-34-35-36-37-38-39-40-41-42-43-45-46-48-51-54-57-60-63-66-72(75)78-69-70(68-77-71(74)65-62-59-56-53-50-21-18-15-12-9-6-3)79-73(76)67-64-61-58-55-52-49-47-44-27-25-23-20-17-14-11-8-5-2/h7,10,15-16,18-19,24-27,29-30,32-33,70H,4-6,8-9,11-14,17,20-23,28,31,34-69H2,1-3H3/b10-7-,18-15-,19-16-,26-24-,27-25-,30-29-,33-32-. The Labute approximate surface area is 490 Å². The van der Waals surface area contributed by atoms with E-state index in [4.69, 9.17) is 14.2 Å². The lowest BCUT2D eigenvalue weighted by molar-refractivity contribution is -0.167. The first-order valence-corrected chi connectivity index (χ1v) is 34.1. The van der Waals surface area contributed by atoms with E-state index >= 15 is 0 Å². The van der Waals surface area contributed by atoms with Gasteiger partial charge >= 0.3 is 17.9 Å². The Bertz CT molecular complexity index is 1500. The molecule has 0 aromatic rings. The molecule has 6 heteroatoms. The van der Waals surface area contributed by atoms with Gasteiger partial charge in [-0.1, -0.05) is 298 Å². The van der Waals surface area contributed by atoms with Gasteiger partial charge < -0.3 is 14.2 Å². The van der Waals surface area contributed by atoms with Crippen LogP contribution in [0.4, 0.5) is 0 Å². The Balaban J connectivity index is 4.13. The third-order valence-corrected chi connectivity index (χ3v) is 14.9. The minimum absolute atomic E-state index is 0.0769. The Morgan fingerprint density at radius 3 is 0.823 bits per heavy atom. The fraction of sp³-hybridized carbons (Fsp3) is 0.767. The molecule has 0 saturated heterocycles. The average molecular weight is 1100 g/mol. The number of rotatable bonds is 62. The molecule has 0 aliphatic heterocycles. The van der Waals surface area contributed by atoms with Crippen molar-refractivity contribution in [2.45, 2.75) is 348 Å². The van der Waals surface area contributed by atoms with Gasteiger partial charge in [0.15, 0.2) is 6.10 Å². The summed E-state index contributed by atoms with van der Waals surface area (Å²) in [5.41, 5.74) is 0. The van der Waals surface area contributed by atoms with E-state index < -0.39 is 6.10 Å². The molecule has 6 nitrogen and oxygen atoms in total. The van der Waals surface area contributed by atoms with Crippen LogP contribution in [0.1, 0.15) is 342 Å². The van der Waals surface area contributed by atoms with Crippen LogP contribution in [0.15, 0.2) is 85.1 Å². The predicted molar refractivity (Wildman–Crippen MR) is 344 cm³/mol. The number of unbranched alkanes of at least 4 members (excludes halogenated alkanes) is 37. The van der Waals surface area contributed by atoms with E-state index in [1.165, 1.54) is 205 Å². The van der Waals surface area contributed by atoms with Gasteiger partial charge in [0.25, 0.3) is 0 Å². The van der Waals surface area contributed by atoms with Crippen LogP contribution in [0, 0.1) is 0 Å². The molecule has 0 heterocycles. The zero-order chi connectivity index (χ0) is 57.1. The molecule has 0 N–H and O–H groups in total. The van der Waals surface area contributed by atoms with Crippen molar-refractivity contribution < 1.29 is 28.6 Å². The van der Waals surface area contributed by atoms with Gasteiger partial charge in [0.1, 0.15) is 13.2 Å². The SMILES string of the molecule is CC/C=C\C/C=C\C/C=C\C/C=C\C/C=C\CCCCCCCCCCCCCCCCCCCC(=O)OCC(COC(=O)CCCCCCC/C=C\CCCC)OC(=O)CCCCCCCCC/C=C\CCCCCCCC. The van der Waals surface area contributed by atoms with Gasteiger partial charge in [-0.2, -0.15) is 0 Å². The molecule has 0 rings (SSSR count). The number of hydrogen-bond donors (Lipinski definition) is 0. The first-order chi connectivity index (χ1) is 39.0. The van der Waals surface area contributed by atoms with Crippen LogP contribution in [0.5, 0.6) is 0 Å². The summed E-state index contributed by atoms with van der Waals surface area (Å²) in [5, 5.41) is 0. The van der Waals surface area contributed by atoms with E-state index in [0.717, 1.165) is 96.3 Å². The molecule has 0 aliphatic rings. The van der Waals surface area contributed by atoms with Crippen molar-refractivity contribution >= 4 is 17.9 Å². The van der Waals surface area contributed by atoms with Gasteiger partial charge in [-0.15, -0.1) is 0 Å². The van der Waals surface area contributed by atoms with Gasteiger partial charge in [0.05, 0.1) is 0 Å². The molecule has 79 heavy (non-hydrogen) atoms. The molecule has 1 unspecified atom stereocenters. The molecule has 0 fully saturated rings. The third-order valence-electron chi connectivity index (χ3n) is 14.9. The maximum absolute atomic E-state index is 12.9. The van der Waals surface area contributed by atoms with Crippen molar-refractivity contribution in [3.8, 4) is 0 Å². The van der Waals surface area contributed by atoms with Gasteiger partial charge in [-0.25, -0.2) is 0 Å². The normalized spacial score (nSPS) is 12.6. The third kappa shape index (κ3) is 65.3. The Hall–Kier alpha value is -3.41. The molecular formula is C73H128O6. The van der Waals surface area contributed by atoms with Gasteiger partial charge in [-0.05, 0) is 109 Å². The molecule has 0 aliphatic carbocycles. The minimum atomic E-state index is -0.780. The molecule has 0 bridgehead atoms. The maximum Gasteiger partial charge on any atom is 0.306 e. The molecule has 456 valence electrons. The summed E-state index contributed by atoms with van der Waals surface area (Å²) in [6.45, 7) is 6.51. The minimum Gasteiger partial charge on any atom is -0.462 e. The number of hydrogen-bond acceptors (Lipinski definition) is 6. The Morgan fingerprint density at radius 1 is 0.266 bits per heavy atom. The number of allylic oxidation sites excluding steroid dienone is 14. The van der Waals surface area contributed by atoms with Gasteiger partial charge in [-0.3, -0.25) is 14.4 Å². The highest BCUT2D eigenvalue weighted by Gasteiger charge is 2.19. The second-order valence-corrected chi connectivity index (χ2v) is 22.7. The zero-order valence-electron chi connectivity index (χ0n) is 52.4. The van der Waals surface area contributed by atoms with Crippen molar-refractivity contribution in [1.82, 2.24) is 0 Å². The molecule has 0 radical (unpaired) electrons. The van der Waals surface area contributed by atoms with Crippen molar-refractivity contribution in [1.29, 1.82) is 0 Å². The van der Waals surface area contributed by atoms with E-state index in [1.807, 2.05) is 0 Å². The van der Waals surface area contributed by atoms with Crippen LogP contribution < -0.4 is 0 Å².